The molecule has 26 heavy (non-hydrogen) atoms. The van der Waals surface area contributed by atoms with Crippen LogP contribution in [0.4, 0.5) is 13.2 Å². The van der Waals surface area contributed by atoms with Crippen molar-refractivity contribution in [2.24, 2.45) is 5.92 Å². The summed E-state index contributed by atoms with van der Waals surface area (Å²) in [5, 5.41) is 1.06. The number of halogens is 3. The number of alkyl halides is 2. The fourth-order valence-electron chi connectivity index (χ4n) is 4.01. The molecule has 3 rings (SSSR count). The summed E-state index contributed by atoms with van der Waals surface area (Å²) in [4.78, 5) is 0. The maximum atomic E-state index is 14.3. The van der Waals surface area contributed by atoms with E-state index in [1.807, 2.05) is 12.1 Å². The van der Waals surface area contributed by atoms with Crippen LogP contribution in [0.2, 0.25) is 0 Å². The van der Waals surface area contributed by atoms with Gasteiger partial charge in [-0.1, -0.05) is 36.4 Å². The lowest BCUT2D eigenvalue weighted by Crippen LogP contribution is -2.13. The molecule has 1 fully saturated rings. The molecule has 0 atom stereocenters. The van der Waals surface area contributed by atoms with Crippen LogP contribution in [0.1, 0.15) is 56.9 Å². The number of rotatable bonds is 6. The van der Waals surface area contributed by atoms with Gasteiger partial charge in [0.15, 0.2) is 11.6 Å². The van der Waals surface area contributed by atoms with E-state index in [9.17, 15) is 13.2 Å². The number of fused-ring (bicyclic) bond motifs is 1. The van der Waals surface area contributed by atoms with E-state index in [2.05, 4.69) is 23.8 Å². The van der Waals surface area contributed by atoms with Gasteiger partial charge >= 0.3 is 6.61 Å². The first-order valence-electron chi connectivity index (χ1n) is 9.36. The summed E-state index contributed by atoms with van der Waals surface area (Å²) >= 11 is 0. The molecule has 2 aromatic rings. The third-order valence-corrected chi connectivity index (χ3v) is 5.45. The Morgan fingerprint density at radius 3 is 2.58 bits per heavy atom. The van der Waals surface area contributed by atoms with Gasteiger partial charge in [0.1, 0.15) is 0 Å². The van der Waals surface area contributed by atoms with Crippen molar-refractivity contribution in [1.82, 2.24) is 0 Å². The third kappa shape index (κ3) is 4.40. The zero-order valence-electron chi connectivity index (χ0n) is 15.1. The number of allylic oxidation sites excluding steroid dienone is 2. The average molecular weight is 362 g/mol. The molecule has 0 aliphatic heterocycles. The van der Waals surface area contributed by atoms with Crippen LogP contribution in [0.15, 0.2) is 42.5 Å². The molecule has 1 nitrogen and oxygen atoms in total. The fourth-order valence-corrected chi connectivity index (χ4v) is 4.01. The van der Waals surface area contributed by atoms with E-state index < -0.39 is 18.2 Å². The highest BCUT2D eigenvalue weighted by Gasteiger charge is 2.22. The van der Waals surface area contributed by atoms with Crippen molar-refractivity contribution >= 4 is 10.8 Å². The molecule has 0 heterocycles. The molecule has 0 unspecified atom stereocenters. The summed E-state index contributed by atoms with van der Waals surface area (Å²) in [6, 6.07) is 8.56. The maximum absolute atomic E-state index is 14.3. The monoisotopic (exact) mass is 362 g/mol. The van der Waals surface area contributed by atoms with Crippen molar-refractivity contribution < 1.29 is 17.9 Å². The Kier molecular flexibility index (Phi) is 6.23. The summed E-state index contributed by atoms with van der Waals surface area (Å²) in [5.41, 5.74) is 1.21. The van der Waals surface area contributed by atoms with E-state index in [0.29, 0.717) is 11.3 Å². The second-order valence-corrected chi connectivity index (χ2v) is 7.10. The van der Waals surface area contributed by atoms with Crippen LogP contribution in [0.5, 0.6) is 5.75 Å². The highest BCUT2D eigenvalue weighted by atomic mass is 19.3. The third-order valence-electron chi connectivity index (χ3n) is 5.45. The summed E-state index contributed by atoms with van der Waals surface area (Å²) in [5.74, 6) is 0.177. The van der Waals surface area contributed by atoms with Crippen LogP contribution in [0.3, 0.4) is 0 Å². The maximum Gasteiger partial charge on any atom is 0.387 e. The molecule has 1 saturated carbocycles. The second kappa shape index (κ2) is 8.61. The highest BCUT2D eigenvalue weighted by Crippen LogP contribution is 2.39. The summed E-state index contributed by atoms with van der Waals surface area (Å²) in [7, 11) is 0. The first-order chi connectivity index (χ1) is 12.6. The van der Waals surface area contributed by atoms with Crippen LogP contribution in [0, 0.1) is 11.7 Å². The minimum atomic E-state index is -3.02. The normalized spacial score (nSPS) is 21.0. The number of benzene rings is 2. The lowest BCUT2D eigenvalue weighted by Gasteiger charge is -2.29. The Balaban J connectivity index is 1.70. The van der Waals surface area contributed by atoms with Gasteiger partial charge in [0.25, 0.3) is 0 Å². The molecule has 0 bridgehead atoms. The van der Waals surface area contributed by atoms with Gasteiger partial charge in [0.2, 0.25) is 0 Å². The molecule has 4 heteroatoms. The second-order valence-electron chi connectivity index (χ2n) is 7.10. The van der Waals surface area contributed by atoms with Gasteiger partial charge in [-0.2, -0.15) is 8.78 Å². The zero-order chi connectivity index (χ0) is 18.5. The Hall–Kier alpha value is -1.97. The fraction of sp³-hybridized carbons (Fsp3) is 0.455. The van der Waals surface area contributed by atoms with E-state index in [-0.39, 0.29) is 0 Å². The van der Waals surface area contributed by atoms with E-state index in [0.717, 1.165) is 30.6 Å². The smallest absolute Gasteiger partial charge is 0.387 e. The Morgan fingerprint density at radius 1 is 1.12 bits per heavy atom. The summed E-state index contributed by atoms with van der Waals surface area (Å²) in [6.45, 7) is -0.966. The van der Waals surface area contributed by atoms with E-state index in [1.54, 1.807) is 12.1 Å². The van der Waals surface area contributed by atoms with Gasteiger partial charge in [-0.3, -0.25) is 0 Å². The van der Waals surface area contributed by atoms with Gasteiger partial charge in [0.05, 0.1) is 0 Å². The summed E-state index contributed by atoms with van der Waals surface area (Å²) in [6.07, 6.45) is 11.5. The van der Waals surface area contributed by atoms with Crippen molar-refractivity contribution in [2.75, 3.05) is 0 Å². The van der Waals surface area contributed by atoms with E-state index >= 15 is 0 Å². The van der Waals surface area contributed by atoms with Crippen molar-refractivity contribution in [2.45, 2.75) is 58.0 Å². The largest absolute Gasteiger partial charge is 0.432 e. The quantitative estimate of drug-likeness (QED) is 0.493. The molecule has 140 valence electrons. The predicted octanol–water partition coefficient (Wildman–Crippen LogP) is 7.21. The molecule has 0 amide bonds. The molecule has 1 aliphatic carbocycles. The lowest BCUT2D eigenvalue weighted by atomic mass is 9.77. The molecule has 0 saturated heterocycles. The SMILES string of the molecule is C/C=C/CCC1CCC(c2ccc3c(F)c(OC(F)F)ccc3c2)CC1. The van der Waals surface area contributed by atoms with E-state index in [4.69, 9.17) is 0 Å². The van der Waals surface area contributed by atoms with Crippen molar-refractivity contribution in [3.05, 3.63) is 53.9 Å². The predicted molar refractivity (Wildman–Crippen MR) is 99.3 cm³/mol. The topological polar surface area (TPSA) is 9.23 Å². The molecule has 2 aromatic carbocycles. The number of hydrogen-bond acceptors (Lipinski definition) is 1. The van der Waals surface area contributed by atoms with Crippen LogP contribution in [-0.2, 0) is 0 Å². The molecule has 0 aromatic heterocycles. The van der Waals surface area contributed by atoms with Gasteiger partial charge in [0, 0.05) is 5.39 Å². The van der Waals surface area contributed by atoms with Gasteiger partial charge in [-0.25, -0.2) is 4.39 Å². The van der Waals surface area contributed by atoms with Crippen LogP contribution < -0.4 is 4.74 Å². The average Bonchev–Trinajstić information content (AvgIpc) is 2.64. The van der Waals surface area contributed by atoms with Crippen LogP contribution >= 0.6 is 0 Å². The van der Waals surface area contributed by atoms with Crippen LogP contribution in [-0.4, -0.2) is 6.61 Å². The van der Waals surface area contributed by atoms with Crippen molar-refractivity contribution in [3.63, 3.8) is 0 Å². The molecule has 0 N–H and O–H groups in total. The van der Waals surface area contributed by atoms with E-state index in [1.165, 1.54) is 30.9 Å². The number of ether oxygens (including phenoxy) is 1. The van der Waals surface area contributed by atoms with Crippen molar-refractivity contribution in [1.29, 1.82) is 0 Å². The van der Waals surface area contributed by atoms with Gasteiger partial charge < -0.3 is 4.74 Å². The zero-order valence-corrected chi connectivity index (χ0v) is 15.1. The Labute approximate surface area is 152 Å². The first kappa shape index (κ1) is 18.8. The molecule has 1 aliphatic rings. The standard InChI is InChI=1S/C22H25F3O/c1-2-3-4-5-15-6-8-16(9-7-15)17-10-12-19-18(14-17)11-13-20(21(19)23)26-22(24)25/h2-3,10-16,22H,4-9H2,1H3/b3-2+. The van der Waals surface area contributed by atoms with Crippen LogP contribution in [0.25, 0.3) is 10.8 Å². The minimum absolute atomic E-state index is 0.326. The summed E-state index contributed by atoms with van der Waals surface area (Å²) < 4.78 is 43.3. The minimum Gasteiger partial charge on any atom is -0.432 e. The molecule has 0 radical (unpaired) electrons. The lowest BCUT2D eigenvalue weighted by molar-refractivity contribution is -0.0520. The molecular formula is C22H25F3O. The van der Waals surface area contributed by atoms with Crippen molar-refractivity contribution in [3.8, 4) is 5.75 Å². The van der Waals surface area contributed by atoms with Gasteiger partial charge in [-0.15, -0.1) is 0 Å². The first-order valence-corrected chi connectivity index (χ1v) is 9.36. The number of hydrogen-bond donors (Lipinski definition) is 0. The Bertz CT molecular complexity index is 761. The Morgan fingerprint density at radius 2 is 1.88 bits per heavy atom. The molecular weight excluding hydrogens is 337 g/mol. The van der Waals surface area contributed by atoms with Gasteiger partial charge in [-0.05, 0) is 74.3 Å². The molecule has 0 spiro atoms. The highest BCUT2D eigenvalue weighted by molar-refractivity contribution is 5.85.